The minimum absolute atomic E-state index is 0.101. The molecule has 18 heavy (non-hydrogen) atoms. The van der Waals surface area contributed by atoms with Crippen LogP contribution in [0.4, 0.5) is 0 Å². The summed E-state index contributed by atoms with van der Waals surface area (Å²) in [6, 6.07) is 5.90. The molecule has 0 spiro atoms. The Balaban J connectivity index is 2.78. The molecule has 0 aromatic heterocycles. The number of nitrogens with zero attached hydrogens (tertiary/aromatic N) is 1. The summed E-state index contributed by atoms with van der Waals surface area (Å²) >= 11 is 0. The van der Waals surface area contributed by atoms with E-state index in [1.165, 1.54) is 45.4 Å². The fraction of sp³-hybridized carbons (Fsp3) is 0.364. The van der Waals surface area contributed by atoms with Gasteiger partial charge in [0, 0.05) is 21.1 Å². The lowest BCUT2D eigenvalue weighted by molar-refractivity contribution is -0.122. The molecule has 0 fully saturated rings. The molecule has 6 nitrogen and oxygen atoms in total. The number of nitrogens with one attached hydrogen (secondary N) is 1. The lowest BCUT2D eigenvalue weighted by atomic mass is 10.3. The van der Waals surface area contributed by atoms with Crippen molar-refractivity contribution in [2.45, 2.75) is 4.90 Å². The summed E-state index contributed by atoms with van der Waals surface area (Å²) in [5, 5.41) is 2.42. The predicted octanol–water partition coefficient (Wildman–Crippen LogP) is 0.0617. The van der Waals surface area contributed by atoms with Crippen molar-refractivity contribution in [2.24, 2.45) is 0 Å². The normalized spacial score (nSPS) is 11.3. The van der Waals surface area contributed by atoms with E-state index >= 15 is 0 Å². The molecule has 0 atom stereocenters. The van der Waals surface area contributed by atoms with Gasteiger partial charge in [0.2, 0.25) is 10.0 Å². The Morgan fingerprint density at radius 1 is 1.28 bits per heavy atom. The van der Waals surface area contributed by atoms with Gasteiger partial charge in [-0.2, -0.15) is 0 Å². The summed E-state index contributed by atoms with van der Waals surface area (Å²) in [7, 11) is 1.01. The monoisotopic (exact) mass is 272 g/mol. The van der Waals surface area contributed by atoms with E-state index < -0.39 is 10.0 Å². The number of carbonyl (C=O) groups excluding carboxylic acids is 1. The molecule has 0 radical (unpaired) electrons. The van der Waals surface area contributed by atoms with Gasteiger partial charge in [0.1, 0.15) is 5.75 Å². The van der Waals surface area contributed by atoms with E-state index in [-0.39, 0.29) is 17.4 Å². The van der Waals surface area contributed by atoms with Crippen LogP contribution in [0.5, 0.6) is 5.75 Å². The zero-order valence-corrected chi connectivity index (χ0v) is 11.3. The fourth-order valence-electron chi connectivity index (χ4n) is 1.14. The number of amides is 1. The van der Waals surface area contributed by atoms with Crippen molar-refractivity contribution in [3.05, 3.63) is 24.3 Å². The lowest BCUT2D eigenvalue weighted by Gasteiger charge is -2.11. The summed E-state index contributed by atoms with van der Waals surface area (Å²) in [6.45, 7) is -0.101. The second-order valence-corrected chi connectivity index (χ2v) is 5.87. The Kier molecular flexibility index (Phi) is 4.69. The van der Waals surface area contributed by atoms with Crippen molar-refractivity contribution in [2.75, 3.05) is 27.7 Å². The van der Waals surface area contributed by atoms with Crippen LogP contribution >= 0.6 is 0 Å². The number of ether oxygens (including phenoxy) is 1. The number of hydrogen-bond acceptors (Lipinski definition) is 4. The quantitative estimate of drug-likeness (QED) is 0.822. The summed E-state index contributed by atoms with van der Waals surface area (Å²) in [4.78, 5) is 11.1. The lowest BCUT2D eigenvalue weighted by Crippen LogP contribution is -2.25. The number of likely N-dealkylation sites (N-methyl/N-ethyl adjacent to an activating group) is 1. The first-order chi connectivity index (χ1) is 8.37. The molecule has 0 heterocycles. The molecule has 1 rings (SSSR count). The third-order valence-corrected chi connectivity index (χ3v) is 4.08. The average molecular weight is 272 g/mol. The Hall–Kier alpha value is -1.60. The highest BCUT2D eigenvalue weighted by molar-refractivity contribution is 7.89. The number of benzene rings is 1. The SMILES string of the molecule is CNC(=O)COc1ccc(S(=O)(=O)N(C)C)cc1. The van der Waals surface area contributed by atoms with E-state index in [0.29, 0.717) is 5.75 Å². The van der Waals surface area contributed by atoms with Crippen LogP contribution in [-0.4, -0.2) is 46.4 Å². The first-order valence-corrected chi connectivity index (χ1v) is 6.68. The van der Waals surface area contributed by atoms with Crippen molar-refractivity contribution < 1.29 is 17.9 Å². The van der Waals surface area contributed by atoms with E-state index in [1.807, 2.05) is 0 Å². The molecule has 1 amide bonds. The average Bonchev–Trinajstić information content (AvgIpc) is 2.36. The molecule has 7 heteroatoms. The van der Waals surface area contributed by atoms with Gasteiger partial charge in [-0.1, -0.05) is 0 Å². The molecule has 0 saturated carbocycles. The van der Waals surface area contributed by atoms with Gasteiger partial charge in [0.05, 0.1) is 4.90 Å². The molecule has 100 valence electrons. The topological polar surface area (TPSA) is 75.7 Å². The Morgan fingerprint density at radius 3 is 2.28 bits per heavy atom. The molecule has 0 aliphatic rings. The Bertz CT molecular complexity index is 508. The van der Waals surface area contributed by atoms with Gasteiger partial charge < -0.3 is 10.1 Å². The maximum absolute atomic E-state index is 11.8. The van der Waals surface area contributed by atoms with Crippen LogP contribution < -0.4 is 10.1 Å². The second kappa shape index (κ2) is 5.83. The Labute approximate surface area is 107 Å². The molecular formula is C11H16N2O4S. The highest BCUT2D eigenvalue weighted by Crippen LogP contribution is 2.17. The van der Waals surface area contributed by atoms with E-state index in [4.69, 9.17) is 4.74 Å². The maximum Gasteiger partial charge on any atom is 0.257 e. The van der Waals surface area contributed by atoms with Crippen molar-refractivity contribution >= 4 is 15.9 Å². The van der Waals surface area contributed by atoms with Crippen LogP contribution in [0.3, 0.4) is 0 Å². The van der Waals surface area contributed by atoms with E-state index in [2.05, 4.69) is 5.32 Å². The molecular weight excluding hydrogens is 256 g/mol. The van der Waals surface area contributed by atoms with Crippen molar-refractivity contribution in [3.8, 4) is 5.75 Å². The van der Waals surface area contributed by atoms with Crippen LogP contribution in [-0.2, 0) is 14.8 Å². The van der Waals surface area contributed by atoms with E-state index in [1.54, 1.807) is 0 Å². The van der Waals surface area contributed by atoms with Crippen molar-refractivity contribution in [1.29, 1.82) is 0 Å². The largest absolute Gasteiger partial charge is 0.484 e. The van der Waals surface area contributed by atoms with Crippen LogP contribution in [0, 0.1) is 0 Å². The van der Waals surface area contributed by atoms with Crippen LogP contribution in [0.1, 0.15) is 0 Å². The molecule has 0 saturated heterocycles. The smallest absolute Gasteiger partial charge is 0.257 e. The standard InChI is InChI=1S/C11H16N2O4S/c1-12-11(14)8-17-9-4-6-10(7-5-9)18(15,16)13(2)3/h4-7H,8H2,1-3H3,(H,12,14). The second-order valence-electron chi connectivity index (χ2n) is 3.72. The van der Waals surface area contributed by atoms with Gasteiger partial charge in [-0.25, -0.2) is 12.7 Å². The number of rotatable bonds is 5. The first kappa shape index (κ1) is 14.5. The minimum Gasteiger partial charge on any atom is -0.484 e. The molecule has 1 N–H and O–H groups in total. The van der Waals surface area contributed by atoms with Gasteiger partial charge in [-0.05, 0) is 24.3 Å². The third kappa shape index (κ3) is 3.44. The van der Waals surface area contributed by atoms with Gasteiger partial charge in [-0.3, -0.25) is 4.79 Å². The molecule has 1 aromatic rings. The molecule has 0 unspecified atom stereocenters. The van der Waals surface area contributed by atoms with Crippen molar-refractivity contribution in [3.63, 3.8) is 0 Å². The van der Waals surface area contributed by atoms with Crippen LogP contribution in [0.25, 0.3) is 0 Å². The molecule has 1 aromatic carbocycles. The van der Waals surface area contributed by atoms with Gasteiger partial charge >= 0.3 is 0 Å². The highest BCUT2D eigenvalue weighted by atomic mass is 32.2. The van der Waals surface area contributed by atoms with Gasteiger partial charge in [-0.15, -0.1) is 0 Å². The summed E-state index contributed by atoms with van der Waals surface area (Å²) in [5.74, 6) is 0.191. The van der Waals surface area contributed by atoms with E-state index in [0.717, 1.165) is 4.31 Å². The van der Waals surface area contributed by atoms with Gasteiger partial charge in [0.15, 0.2) is 6.61 Å². The first-order valence-electron chi connectivity index (χ1n) is 5.24. The molecule has 0 aliphatic heterocycles. The summed E-state index contributed by atoms with van der Waals surface area (Å²) < 4.78 is 29.9. The van der Waals surface area contributed by atoms with Gasteiger partial charge in [0.25, 0.3) is 5.91 Å². The molecule has 0 bridgehead atoms. The highest BCUT2D eigenvalue weighted by Gasteiger charge is 2.16. The third-order valence-electron chi connectivity index (χ3n) is 2.25. The fourth-order valence-corrected chi connectivity index (χ4v) is 2.04. The zero-order valence-electron chi connectivity index (χ0n) is 10.5. The summed E-state index contributed by atoms with van der Waals surface area (Å²) in [5.41, 5.74) is 0. The maximum atomic E-state index is 11.8. The predicted molar refractivity (Wildman–Crippen MR) is 66.9 cm³/mol. The number of sulfonamides is 1. The van der Waals surface area contributed by atoms with E-state index in [9.17, 15) is 13.2 Å². The van der Waals surface area contributed by atoms with Crippen LogP contribution in [0.15, 0.2) is 29.2 Å². The molecule has 0 aliphatic carbocycles. The minimum atomic E-state index is -3.43. The van der Waals surface area contributed by atoms with Crippen LogP contribution in [0.2, 0.25) is 0 Å². The number of carbonyl (C=O) groups is 1. The number of hydrogen-bond donors (Lipinski definition) is 1. The zero-order chi connectivity index (χ0) is 13.8. The van der Waals surface area contributed by atoms with Crippen molar-refractivity contribution in [1.82, 2.24) is 9.62 Å². The summed E-state index contributed by atoms with van der Waals surface area (Å²) in [6.07, 6.45) is 0. The Morgan fingerprint density at radius 2 is 1.83 bits per heavy atom.